The number of rotatable bonds is 4. The van der Waals surface area contributed by atoms with Crippen molar-refractivity contribution in [1.29, 1.82) is 0 Å². The van der Waals surface area contributed by atoms with Crippen molar-refractivity contribution in [2.24, 2.45) is 17.8 Å². The first kappa shape index (κ1) is 20.8. The maximum absolute atomic E-state index is 12.7. The molecule has 8 nitrogen and oxygen atoms in total. The quantitative estimate of drug-likeness (QED) is 0.239. The highest BCUT2D eigenvalue weighted by Gasteiger charge is 2.72. The van der Waals surface area contributed by atoms with Gasteiger partial charge in [0, 0.05) is 18.4 Å². The fourth-order valence-corrected chi connectivity index (χ4v) is 5.26. The van der Waals surface area contributed by atoms with Crippen molar-refractivity contribution >= 4 is 17.9 Å². The first-order valence-electron chi connectivity index (χ1n) is 10.0. The number of allylic oxidation sites excluding steroid dienone is 1. The molecule has 8 atom stereocenters. The van der Waals surface area contributed by atoms with E-state index in [1.165, 1.54) is 13.0 Å². The molecule has 2 saturated heterocycles. The monoisotopic (exact) mass is 418 g/mol. The predicted molar refractivity (Wildman–Crippen MR) is 103 cm³/mol. The fourth-order valence-electron chi connectivity index (χ4n) is 5.26. The predicted octanol–water partition coefficient (Wildman–Crippen LogP) is 1.23. The zero-order valence-corrected chi connectivity index (χ0v) is 17.3. The van der Waals surface area contributed by atoms with Crippen LogP contribution in [0.4, 0.5) is 0 Å². The zero-order chi connectivity index (χ0) is 22.0. The van der Waals surface area contributed by atoms with Gasteiger partial charge in [0.1, 0.15) is 24.9 Å². The number of aliphatic hydroxyl groups excluding tert-OH is 1. The molecule has 2 heterocycles. The summed E-state index contributed by atoms with van der Waals surface area (Å²) < 4.78 is 22.0. The lowest BCUT2D eigenvalue weighted by molar-refractivity contribution is -0.152. The Labute approximate surface area is 174 Å². The molecule has 8 heteroatoms. The smallest absolute Gasteiger partial charge is 0.337 e. The molecule has 2 aliphatic carbocycles. The van der Waals surface area contributed by atoms with E-state index in [0.29, 0.717) is 12.0 Å². The third kappa shape index (κ3) is 3.01. The summed E-state index contributed by atoms with van der Waals surface area (Å²) in [6, 6.07) is 0. The van der Waals surface area contributed by atoms with Gasteiger partial charge in [-0.15, -0.1) is 0 Å². The van der Waals surface area contributed by atoms with Crippen LogP contribution in [0.25, 0.3) is 0 Å². The molecule has 0 aromatic carbocycles. The summed E-state index contributed by atoms with van der Waals surface area (Å²) in [5, 5.41) is 11.2. The molecule has 0 spiro atoms. The summed E-state index contributed by atoms with van der Waals surface area (Å²) >= 11 is 0. The van der Waals surface area contributed by atoms with E-state index < -0.39 is 47.7 Å². The molecule has 0 aromatic heterocycles. The minimum atomic E-state index is -1.25. The Kier molecular flexibility index (Phi) is 4.90. The van der Waals surface area contributed by atoms with Gasteiger partial charge in [0.05, 0.1) is 23.2 Å². The van der Waals surface area contributed by atoms with E-state index >= 15 is 0 Å². The van der Waals surface area contributed by atoms with Crippen molar-refractivity contribution in [2.45, 2.75) is 57.2 Å². The van der Waals surface area contributed by atoms with Crippen LogP contribution in [0.5, 0.6) is 0 Å². The van der Waals surface area contributed by atoms with Gasteiger partial charge in [0.25, 0.3) is 0 Å². The number of ether oxygens (including phenoxy) is 4. The van der Waals surface area contributed by atoms with Crippen LogP contribution < -0.4 is 0 Å². The Morgan fingerprint density at radius 1 is 1.37 bits per heavy atom. The number of hydrogen-bond acceptors (Lipinski definition) is 8. The summed E-state index contributed by atoms with van der Waals surface area (Å²) in [5.74, 6) is -2.88. The maximum atomic E-state index is 12.7. The van der Waals surface area contributed by atoms with E-state index in [1.54, 1.807) is 6.92 Å². The number of esters is 3. The minimum absolute atomic E-state index is 0.0131. The number of aliphatic hydroxyl groups is 1. The second-order valence-corrected chi connectivity index (χ2v) is 8.56. The van der Waals surface area contributed by atoms with Crippen LogP contribution in [0.3, 0.4) is 0 Å². The van der Waals surface area contributed by atoms with Gasteiger partial charge in [-0.25, -0.2) is 9.59 Å². The van der Waals surface area contributed by atoms with E-state index in [0.717, 1.165) is 0 Å². The van der Waals surface area contributed by atoms with Crippen LogP contribution in [0, 0.1) is 17.8 Å². The van der Waals surface area contributed by atoms with Crippen LogP contribution >= 0.6 is 0 Å². The molecule has 0 aromatic rings. The van der Waals surface area contributed by atoms with Crippen molar-refractivity contribution in [3.63, 3.8) is 0 Å². The van der Waals surface area contributed by atoms with Gasteiger partial charge in [0.15, 0.2) is 0 Å². The second-order valence-electron chi connectivity index (χ2n) is 8.56. The van der Waals surface area contributed by atoms with E-state index in [9.17, 15) is 19.5 Å². The number of hydrogen-bond donors (Lipinski definition) is 1. The van der Waals surface area contributed by atoms with Gasteiger partial charge in [-0.3, -0.25) is 4.79 Å². The van der Waals surface area contributed by atoms with Crippen LogP contribution in [0.2, 0.25) is 0 Å². The normalized spacial score (nSPS) is 41.9. The summed E-state index contributed by atoms with van der Waals surface area (Å²) in [6.07, 6.45) is -0.769. The highest BCUT2D eigenvalue weighted by molar-refractivity contribution is 5.91. The molecule has 0 amide bonds. The number of fused-ring (bicyclic) bond motifs is 5. The van der Waals surface area contributed by atoms with Crippen LogP contribution in [0.15, 0.2) is 36.0 Å². The molecule has 8 unspecified atom stereocenters. The standard InChI is InChI=1S/C22H26O8/c1-6-12(8-27-11(4)23)21(26)28-18-9(2)13-7-14-22(5,30-14)16(13)19-15(17(18)24)10(3)20(25)29-19/h6,13-19,24H,2-3,7-8H2,1,4-5H3. The van der Waals surface area contributed by atoms with Crippen molar-refractivity contribution in [3.05, 3.63) is 36.0 Å². The number of epoxide rings is 1. The Morgan fingerprint density at radius 3 is 2.70 bits per heavy atom. The second kappa shape index (κ2) is 7.06. The lowest BCUT2D eigenvalue weighted by Crippen LogP contribution is -2.42. The molecule has 2 saturated carbocycles. The molecule has 4 fully saturated rings. The SMILES string of the molecule is C=C1C2CC3OC3(C)C2C2OC(=O)C(=C)C2C(O)C1OC(=O)C(=CC)COC(C)=O. The molecule has 4 aliphatic rings. The Hall–Kier alpha value is -2.45. The van der Waals surface area contributed by atoms with Crippen LogP contribution in [-0.2, 0) is 33.3 Å². The number of carbonyl (C=O) groups excluding carboxylic acids is 3. The van der Waals surface area contributed by atoms with Gasteiger partial charge in [0.2, 0.25) is 0 Å². The fraction of sp³-hybridized carbons (Fsp3) is 0.591. The summed E-state index contributed by atoms with van der Waals surface area (Å²) in [6.45, 7) is 12.6. The topological polar surface area (TPSA) is 112 Å². The third-order valence-electron chi connectivity index (χ3n) is 6.95. The molecule has 30 heavy (non-hydrogen) atoms. The molecule has 4 rings (SSSR count). The van der Waals surface area contributed by atoms with Crippen molar-refractivity contribution in [2.75, 3.05) is 6.61 Å². The van der Waals surface area contributed by atoms with Gasteiger partial charge >= 0.3 is 17.9 Å². The molecule has 0 bridgehead atoms. The van der Waals surface area contributed by atoms with Gasteiger partial charge in [-0.1, -0.05) is 19.2 Å². The van der Waals surface area contributed by atoms with Crippen molar-refractivity contribution in [1.82, 2.24) is 0 Å². The Balaban J connectivity index is 1.63. The van der Waals surface area contributed by atoms with E-state index in [-0.39, 0.29) is 35.7 Å². The molecular weight excluding hydrogens is 392 g/mol. The summed E-state index contributed by atoms with van der Waals surface area (Å²) in [5.41, 5.74) is 0.397. The van der Waals surface area contributed by atoms with Crippen molar-refractivity contribution in [3.8, 4) is 0 Å². The van der Waals surface area contributed by atoms with E-state index in [1.807, 2.05) is 6.92 Å². The number of carbonyl (C=O) groups is 3. The average Bonchev–Trinajstić information content (AvgIpc) is 3.14. The minimum Gasteiger partial charge on any atom is -0.461 e. The van der Waals surface area contributed by atoms with Gasteiger partial charge in [-0.05, 0) is 31.8 Å². The molecule has 0 radical (unpaired) electrons. The molecule has 2 aliphatic heterocycles. The van der Waals surface area contributed by atoms with Crippen LogP contribution in [0.1, 0.15) is 27.2 Å². The van der Waals surface area contributed by atoms with E-state index in [2.05, 4.69) is 13.2 Å². The first-order valence-corrected chi connectivity index (χ1v) is 10.0. The summed E-state index contributed by atoms with van der Waals surface area (Å²) in [7, 11) is 0. The highest BCUT2D eigenvalue weighted by Crippen LogP contribution is 2.63. The Morgan fingerprint density at radius 2 is 2.07 bits per heavy atom. The third-order valence-corrected chi connectivity index (χ3v) is 6.95. The van der Waals surface area contributed by atoms with E-state index in [4.69, 9.17) is 18.9 Å². The first-order chi connectivity index (χ1) is 14.1. The Bertz CT molecular complexity index is 872. The zero-order valence-electron chi connectivity index (χ0n) is 17.3. The average molecular weight is 418 g/mol. The lowest BCUT2D eigenvalue weighted by atomic mass is 9.78. The summed E-state index contributed by atoms with van der Waals surface area (Å²) in [4.78, 5) is 36.1. The highest BCUT2D eigenvalue weighted by atomic mass is 16.6. The van der Waals surface area contributed by atoms with Gasteiger partial charge in [-0.2, -0.15) is 0 Å². The lowest BCUT2D eigenvalue weighted by Gasteiger charge is -2.30. The molecule has 1 N–H and O–H groups in total. The van der Waals surface area contributed by atoms with Crippen LogP contribution in [-0.4, -0.2) is 59.6 Å². The maximum Gasteiger partial charge on any atom is 0.337 e. The molecule has 162 valence electrons. The largest absolute Gasteiger partial charge is 0.461 e. The van der Waals surface area contributed by atoms with Gasteiger partial charge < -0.3 is 24.1 Å². The van der Waals surface area contributed by atoms with Crippen molar-refractivity contribution < 1.29 is 38.4 Å². The molecular formula is C22H26O8.